The number of benzene rings is 2. The van der Waals surface area contributed by atoms with Gasteiger partial charge in [-0.1, -0.05) is 64.4 Å². The van der Waals surface area contributed by atoms with Gasteiger partial charge in [0, 0.05) is 48.3 Å². The summed E-state index contributed by atoms with van der Waals surface area (Å²) in [6, 6.07) is -0.924. The van der Waals surface area contributed by atoms with Gasteiger partial charge in [0.05, 0.1) is 38.0 Å². The minimum absolute atomic E-state index is 0.0689. The van der Waals surface area contributed by atoms with Crippen molar-refractivity contribution in [3.63, 3.8) is 0 Å². The number of carboxylic acid groups (broad SMARTS) is 1. The molecule has 446 valence electrons. The number of nitrogens with two attached hydrogens (primary N) is 2. The number of imidazole rings is 1. The fourth-order valence-electron chi connectivity index (χ4n) is 8.25. The van der Waals surface area contributed by atoms with Crippen molar-refractivity contribution >= 4 is 75.9 Å². The molecule has 0 radical (unpaired) electrons. The number of aromatic nitrogens is 3. The van der Waals surface area contributed by atoms with Gasteiger partial charge in [-0.05, 0) is 55.0 Å². The maximum atomic E-state index is 14.3. The quantitative estimate of drug-likeness (QED) is 0.0222. The van der Waals surface area contributed by atoms with E-state index in [0.29, 0.717) is 34.1 Å². The third-order valence-corrected chi connectivity index (χ3v) is 13.1. The van der Waals surface area contributed by atoms with Crippen molar-refractivity contribution in [2.24, 2.45) is 23.3 Å². The van der Waals surface area contributed by atoms with Gasteiger partial charge in [-0.3, -0.25) is 47.9 Å². The lowest BCUT2D eigenvalue weighted by Crippen LogP contribution is -2.61. The van der Waals surface area contributed by atoms with E-state index in [4.69, 9.17) is 11.5 Å². The summed E-state index contributed by atoms with van der Waals surface area (Å²) in [7, 11) is 0. The summed E-state index contributed by atoms with van der Waals surface area (Å²) >= 11 is 0. The second-order valence-corrected chi connectivity index (χ2v) is 20.1. The molecule has 0 aliphatic carbocycles. The number of carbonyl (C=O) groups is 11. The van der Waals surface area contributed by atoms with Gasteiger partial charge < -0.3 is 89.7 Å². The number of primary amides is 1. The van der Waals surface area contributed by atoms with Crippen LogP contribution in [-0.2, 0) is 72.0 Å². The SMILES string of the molecule is CC[C@H](C)[C@H](NC(=O)[C@H](C)N)C(=O)N[C@@H](CC(N)=O)C(=O)N[C@@H](Cc1c[nH]c2ccccc12)C(=O)N[C@@H](CO)C(=O)N[C@@H](Cc1cnc[nH]1)C(=O)NCC(=O)N[C@H](C(=O)N[C@H](C(=O)N[C@@H](Cc1ccc(O)cc1)C(=O)O)[C@@H](C)O)C(C)C. The molecule has 19 N–H and O–H groups in total. The number of aliphatic hydroxyl groups excluding tert-OH is 2. The molecular formula is C53H74N14O15. The molecule has 0 saturated carbocycles. The van der Waals surface area contributed by atoms with Crippen molar-refractivity contribution in [3.8, 4) is 5.75 Å². The number of aromatic amines is 2. The van der Waals surface area contributed by atoms with Crippen LogP contribution in [0, 0.1) is 11.8 Å². The second-order valence-electron chi connectivity index (χ2n) is 20.1. The van der Waals surface area contributed by atoms with Crippen molar-refractivity contribution < 1.29 is 73.2 Å². The van der Waals surface area contributed by atoms with Crippen LogP contribution >= 0.6 is 0 Å². The first-order valence-corrected chi connectivity index (χ1v) is 26.3. The number of rotatable bonds is 32. The van der Waals surface area contributed by atoms with Gasteiger partial charge in [0.15, 0.2) is 0 Å². The standard InChI is InChI=1S/C53H74N14O15/c1-7-26(4)43(66-45(73)27(5)54)51(79)62-37(19-40(55)71)48(76)60-35(17-30-20-57-34-11-9-8-10-33(30)34)47(75)64-39(23-68)49(77)61-36(18-31-21-56-24-59-31)46(74)58-22-41(72)65-42(25(2)3)50(78)67-44(28(6)69)52(80)63-38(53(81)82)16-29-12-14-32(70)15-13-29/h8-15,20-21,24-28,35-39,42-44,57,68-70H,7,16-19,22-23,54H2,1-6H3,(H2,55,71)(H,56,59)(H,58,74)(H,60,76)(H,61,77)(H,62,79)(H,63,80)(H,64,75)(H,65,72)(H,66,73)(H,67,78)(H,81,82)/t26-,27-,28+,35-,36-,37-,38-,39-,42-,43-,44-/m0/s1. The molecule has 82 heavy (non-hydrogen) atoms. The molecule has 29 nitrogen and oxygen atoms in total. The molecule has 0 bridgehead atoms. The van der Waals surface area contributed by atoms with Gasteiger partial charge in [0.25, 0.3) is 0 Å². The van der Waals surface area contributed by atoms with Crippen molar-refractivity contribution in [2.45, 2.75) is 134 Å². The first kappa shape index (κ1) is 65.6. The molecule has 0 aliphatic heterocycles. The number of carboxylic acids is 1. The Kier molecular flexibility index (Phi) is 24.9. The van der Waals surface area contributed by atoms with Gasteiger partial charge in [-0.15, -0.1) is 0 Å². The third kappa shape index (κ3) is 19.7. The summed E-state index contributed by atoms with van der Waals surface area (Å²) < 4.78 is 0. The lowest BCUT2D eigenvalue weighted by atomic mass is 9.97. The highest BCUT2D eigenvalue weighted by Gasteiger charge is 2.37. The van der Waals surface area contributed by atoms with E-state index in [-0.39, 0.29) is 25.0 Å². The Balaban J connectivity index is 1.50. The molecule has 11 atom stereocenters. The molecule has 0 unspecified atom stereocenters. The molecule has 0 spiro atoms. The van der Waals surface area contributed by atoms with Gasteiger partial charge >= 0.3 is 5.97 Å². The molecule has 2 aromatic carbocycles. The van der Waals surface area contributed by atoms with Crippen molar-refractivity contribution in [1.82, 2.24) is 62.8 Å². The van der Waals surface area contributed by atoms with Crippen molar-refractivity contribution in [2.75, 3.05) is 13.2 Å². The summed E-state index contributed by atoms with van der Waals surface area (Å²) in [5.74, 6) is -12.4. The zero-order valence-electron chi connectivity index (χ0n) is 46.1. The molecule has 0 aliphatic rings. The number of amides is 10. The number of aromatic hydroxyl groups is 1. The predicted molar refractivity (Wildman–Crippen MR) is 293 cm³/mol. The molecule has 10 amide bonds. The van der Waals surface area contributed by atoms with Gasteiger partial charge in [0.2, 0.25) is 59.1 Å². The Bertz CT molecular complexity index is 2880. The summed E-state index contributed by atoms with van der Waals surface area (Å²) in [6.45, 7) is 7.23. The van der Waals surface area contributed by atoms with Gasteiger partial charge in [0.1, 0.15) is 54.1 Å². The van der Waals surface area contributed by atoms with E-state index in [1.54, 1.807) is 58.2 Å². The molecule has 2 aromatic heterocycles. The summed E-state index contributed by atoms with van der Waals surface area (Å²) in [6.07, 6.45) is 1.50. The van der Waals surface area contributed by atoms with E-state index in [9.17, 15) is 73.2 Å². The highest BCUT2D eigenvalue weighted by Crippen LogP contribution is 2.20. The number of hydrogen-bond donors (Lipinski definition) is 17. The van der Waals surface area contributed by atoms with Crippen LogP contribution in [0.5, 0.6) is 5.75 Å². The van der Waals surface area contributed by atoms with Crippen molar-refractivity contribution in [3.05, 3.63) is 84.1 Å². The number of H-pyrrole nitrogens is 2. The number of para-hydroxylation sites is 1. The van der Waals surface area contributed by atoms with Crippen molar-refractivity contribution in [1.29, 1.82) is 0 Å². The molecule has 0 saturated heterocycles. The van der Waals surface area contributed by atoms with Gasteiger partial charge in [-0.2, -0.15) is 0 Å². The minimum atomic E-state index is -1.81. The predicted octanol–water partition coefficient (Wildman–Crippen LogP) is -4.00. The zero-order valence-corrected chi connectivity index (χ0v) is 46.1. The Morgan fingerprint density at radius 3 is 1.76 bits per heavy atom. The first-order chi connectivity index (χ1) is 38.7. The van der Waals surface area contributed by atoms with Crippen LogP contribution in [0.15, 0.2) is 67.3 Å². The largest absolute Gasteiger partial charge is 0.508 e. The second kappa shape index (κ2) is 31.1. The summed E-state index contributed by atoms with van der Waals surface area (Å²) in [5, 5.41) is 62.9. The average Bonchev–Trinajstić information content (AvgIpc) is 4.10. The van der Waals surface area contributed by atoms with Crippen LogP contribution in [0.2, 0.25) is 0 Å². The van der Waals surface area contributed by atoms with E-state index in [2.05, 4.69) is 62.8 Å². The number of phenolic OH excluding ortho intramolecular Hbond substituents is 1. The number of phenols is 1. The Morgan fingerprint density at radius 2 is 1.18 bits per heavy atom. The summed E-state index contributed by atoms with van der Waals surface area (Å²) in [4.78, 5) is 157. The van der Waals surface area contributed by atoms with E-state index in [0.717, 1.165) is 0 Å². The molecule has 0 fully saturated rings. The number of fused-ring (bicyclic) bond motifs is 1. The van der Waals surface area contributed by atoms with E-state index < -0.39 is 157 Å². The number of carbonyl (C=O) groups excluding carboxylic acids is 10. The highest BCUT2D eigenvalue weighted by atomic mass is 16.4. The Labute approximate surface area is 471 Å². The Hall–Kier alpha value is -8.96. The molecule has 4 aromatic rings. The van der Waals surface area contributed by atoms with Crippen LogP contribution < -0.4 is 59.3 Å². The number of hydrogen-bond acceptors (Lipinski definition) is 16. The number of aliphatic hydroxyl groups is 2. The summed E-state index contributed by atoms with van der Waals surface area (Å²) in [5.41, 5.74) is 13.1. The minimum Gasteiger partial charge on any atom is -0.508 e. The maximum Gasteiger partial charge on any atom is 0.326 e. The first-order valence-electron chi connectivity index (χ1n) is 26.3. The molecule has 4 rings (SSSR count). The monoisotopic (exact) mass is 1150 g/mol. The molecule has 2 heterocycles. The Morgan fingerprint density at radius 1 is 0.622 bits per heavy atom. The number of nitrogens with zero attached hydrogens (tertiary/aromatic N) is 1. The lowest BCUT2D eigenvalue weighted by Gasteiger charge is -2.28. The van der Waals surface area contributed by atoms with E-state index in [1.165, 1.54) is 50.6 Å². The van der Waals surface area contributed by atoms with E-state index in [1.807, 2.05) is 0 Å². The highest BCUT2D eigenvalue weighted by molar-refractivity contribution is 5.99. The zero-order chi connectivity index (χ0) is 61.0. The van der Waals surface area contributed by atoms with E-state index >= 15 is 0 Å². The molecular weight excluding hydrogens is 1070 g/mol. The maximum absolute atomic E-state index is 14.3. The fraction of sp³-hybridized carbons (Fsp3) is 0.472. The topological polar surface area (TPSA) is 473 Å². The van der Waals surface area contributed by atoms with Crippen LogP contribution in [0.25, 0.3) is 10.9 Å². The third-order valence-electron chi connectivity index (χ3n) is 13.1. The molecule has 29 heteroatoms. The van der Waals surface area contributed by atoms with Crippen LogP contribution in [0.3, 0.4) is 0 Å². The van der Waals surface area contributed by atoms with Crippen LogP contribution in [-0.4, -0.2) is 174 Å². The number of nitrogens with one attached hydrogen (secondary N) is 11. The van der Waals surface area contributed by atoms with Gasteiger partial charge in [-0.25, -0.2) is 9.78 Å². The lowest BCUT2D eigenvalue weighted by molar-refractivity contribution is -0.143. The normalized spacial score (nSPS) is 15.2. The average molecular weight is 1150 g/mol. The fourth-order valence-corrected chi connectivity index (χ4v) is 8.25. The number of aliphatic carboxylic acids is 1. The van der Waals surface area contributed by atoms with Crippen LogP contribution in [0.4, 0.5) is 0 Å². The van der Waals surface area contributed by atoms with Crippen LogP contribution in [0.1, 0.15) is 71.2 Å². The smallest absolute Gasteiger partial charge is 0.326 e.